The molecule has 4 heteroatoms. The average molecular weight is 263 g/mol. The molecule has 104 valence electrons. The minimum Gasteiger partial charge on any atom is -0.389 e. The first-order valence-electron chi connectivity index (χ1n) is 6.55. The molecule has 0 aromatic heterocycles. The van der Waals surface area contributed by atoms with E-state index in [0.717, 1.165) is 19.4 Å². The smallest absolute Gasteiger partial charge is 0.0897 e. The normalized spacial score (nSPS) is 14.3. The largest absolute Gasteiger partial charge is 0.389 e. The van der Waals surface area contributed by atoms with E-state index in [1.807, 2.05) is 25.6 Å². The van der Waals surface area contributed by atoms with Crippen molar-refractivity contribution in [1.29, 1.82) is 0 Å². The Bertz CT molecular complexity index is 176. The van der Waals surface area contributed by atoms with Crippen molar-refractivity contribution in [1.82, 2.24) is 5.32 Å². The lowest BCUT2D eigenvalue weighted by Crippen LogP contribution is -2.41. The van der Waals surface area contributed by atoms with Crippen LogP contribution in [0.4, 0.5) is 0 Å². The van der Waals surface area contributed by atoms with E-state index in [0.29, 0.717) is 17.9 Å². The van der Waals surface area contributed by atoms with Gasteiger partial charge in [-0.15, -0.1) is 0 Å². The summed E-state index contributed by atoms with van der Waals surface area (Å²) in [6.07, 6.45) is 4.23. The van der Waals surface area contributed by atoms with Gasteiger partial charge in [-0.2, -0.15) is 11.8 Å². The third-order valence-corrected chi connectivity index (χ3v) is 4.76. The van der Waals surface area contributed by atoms with Gasteiger partial charge in [-0.1, -0.05) is 13.8 Å². The van der Waals surface area contributed by atoms with Crippen LogP contribution in [0.5, 0.6) is 0 Å². The molecule has 3 nitrogen and oxygen atoms in total. The highest BCUT2D eigenvalue weighted by atomic mass is 32.2. The molecule has 0 aromatic carbocycles. The Morgan fingerprint density at radius 3 is 2.29 bits per heavy atom. The maximum Gasteiger partial charge on any atom is 0.0897 e. The molecule has 0 fully saturated rings. The second-order valence-corrected chi connectivity index (χ2v) is 6.04. The first kappa shape index (κ1) is 17.2. The van der Waals surface area contributed by atoms with E-state index >= 15 is 0 Å². The Kier molecular flexibility index (Phi) is 9.32. The van der Waals surface area contributed by atoms with Gasteiger partial charge in [-0.05, 0) is 32.9 Å². The highest BCUT2D eigenvalue weighted by Gasteiger charge is 2.24. The molecule has 0 rings (SSSR count). The molecule has 0 saturated heterocycles. The molecule has 0 aromatic rings. The van der Waals surface area contributed by atoms with Crippen LogP contribution in [0.1, 0.15) is 40.5 Å². The van der Waals surface area contributed by atoms with Gasteiger partial charge in [-0.3, -0.25) is 0 Å². The molecule has 0 bridgehead atoms. The van der Waals surface area contributed by atoms with Gasteiger partial charge in [0.25, 0.3) is 0 Å². The van der Waals surface area contributed by atoms with Gasteiger partial charge >= 0.3 is 0 Å². The molecule has 0 spiro atoms. The molecule has 0 radical (unpaired) electrons. The number of ether oxygens (including phenoxy) is 1. The topological polar surface area (TPSA) is 41.5 Å². The standard InChI is InChI=1S/C13H29NO2S/c1-6-13(7-2,17-5)10-14-8-12(15)9-16-11(3)4/h11-12,14-15H,6-10H2,1-5H3. The van der Waals surface area contributed by atoms with E-state index in [4.69, 9.17) is 4.74 Å². The molecule has 0 aliphatic rings. The van der Waals surface area contributed by atoms with E-state index in [2.05, 4.69) is 25.4 Å². The minimum absolute atomic E-state index is 0.182. The molecule has 0 saturated carbocycles. The van der Waals surface area contributed by atoms with Gasteiger partial charge < -0.3 is 15.2 Å². The number of nitrogens with one attached hydrogen (secondary N) is 1. The van der Waals surface area contributed by atoms with Crippen LogP contribution in [0.2, 0.25) is 0 Å². The van der Waals surface area contributed by atoms with Gasteiger partial charge in [-0.25, -0.2) is 0 Å². The van der Waals surface area contributed by atoms with Crippen LogP contribution in [-0.2, 0) is 4.74 Å². The first-order chi connectivity index (χ1) is 7.99. The van der Waals surface area contributed by atoms with Crippen LogP contribution in [0.25, 0.3) is 0 Å². The molecule has 17 heavy (non-hydrogen) atoms. The predicted molar refractivity (Wildman–Crippen MR) is 76.8 cm³/mol. The minimum atomic E-state index is -0.411. The molecule has 0 amide bonds. The highest BCUT2D eigenvalue weighted by Crippen LogP contribution is 2.29. The van der Waals surface area contributed by atoms with Crippen molar-refractivity contribution in [2.75, 3.05) is 26.0 Å². The lowest BCUT2D eigenvalue weighted by molar-refractivity contribution is 0.00626. The fraction of sp³-hybridized carbons (Fsp3) is 1.00. The quantitative estimate of drug-likeness (QED) is 0.634. The van der Waals surface area contributed by atoms with Gasteiger partial charge in [0.15, 0.2) is 0 Å². The SMILES string of the molecule is CCC(CC)(CNCC(O)COC(C)C)SC. The van der Waals surface area contributed by atoms with Crippen molar-refractivity contribution < 1.29 is 9.84 Å². The average Bonchev–Trinajstić information content (AvgIpc) is 2.33. The summed E-state index contributed by atoms with van der Waals surface area (Å²) < 4.78 is 5.67. The van der Waals surface area contributed by atoms with Gasteiger partial charge in [0.05, 0.1) is 18.8 Å². The Balaban J connectivity index is 3.80. The van der Waals surface area contributed by atoms with Crippen molar-refractivity contribution in [3.63, 3.8) is 0 Å². The maximum absolute atomic E-state index is 9.72. The van der Waals surface area contributed by atoms with E-state index < -0.39 is 6.10 Å². The molecular weight excluding hydrogens is 234 g/mol. The summed E-state index contributed by atoms with van der Waals surface area (Å²) in [6.45, 7) is 10.4. The second-order valence-electron chi connectivity index (χ2n) is 4.76. The van der Waals surface area contributed by atoms with Crippen LogP contribution in [-0.4, -0.2) is 48.0 Å². The molecule has 0 aliphatic heterocycles. The number of aliphatic hydroxyl groups excluding tert-OH is 1. The molecule has 1 unspecified atom stereocenters. The zero-order valence-corrected chi connectivity index (χ0v) is 12.8. The van der Waals surface area contributed by atoms with Crippen molar-refractivity contribution in [3.8, 4) is 0 Å². The zero-order chi connectivity index (χ0) is 13.3. The Morgan fingerprint density at radius 2 is 1.88 bits per heavy atom. The molecular formula is C13H29NO2S. The summed E-state index contributed by atoms with van der Waals surface area (Å²) >= 11 is 1.91. The highest BCUT2D eigenvalue weighted by molar-refractivity contribution is 8.00. The van der Waals surface area contributed by atoms with E-state index in [-0.39, 0.29) is 6.10 Å². The summed E-state index contributed by atoms with van der Waals surface area (Å²) in [5.74, 6) is 0. The lowest BCUT2D eigenvalue weighted by Gasteiger charge is -2.30. The second kappa shape index (κ2) is 9.20. The van der Waals surface area contributed by atoms with Crippen molar-refractivity contribution >= 4 is 11.8 Å². The molecule has 0 aliphatic carbocycles. The summed E-state index contributed by atoms with van der Waals surface area (Å²) in [5.41, 5.74) is 0. The molecule has 1 atom stereocenters. The first-order valence-corrected chi connectivity index (χ1v) is 7.77. The van der Waals surface area contributed by atoms with Crippen LogP contribution >= 0.6 is 11.8 Å². The third kappa shape index (κ3) is 7.29. The number of thioether (sulfide) groups is 1. The number of rotatable bonds is 10. The fourth-order valence-corrected chi connectivity index (χ4v) is 2.51. The van der Waals surface area contributed by atoms with Gasteiger partial charge in [0, 0.05) is 17.8 Å². The van der Waals surface area contributed by atoms with Crippen LogP contribution < -0.4 is 5.32 Å². The van der Waals surface area contributed by atoms with Crippen molar-refractivity contribution in [3.05, 3.63) is 0 Å². The van der Waals surface area contributed by atoms with Crippen molar-refractivity contribution in [2.45, 2.75) is 57.5 Å². The van der Waals surface area contributed by atoms with Crippen LogP contribution in [0.15, 0.2) is 0 Å². The Labute approximate surface area is 111 Å². The number of hydrogen-bond acceptors (Lipinski definition) is 4. The van der Waals surface area contributed by atoms with E-state index in [1.165, 1.54) is 0 Å². The molecule has 0 heterocycles. The summed E-state index contributed by atoms with van der Waals surface area (Å²) in [7, 11) is 0. The Morgan fingerprint density at radius 1 is 1.29 bits per heavy atom. The zero-order valence-electron chi connectivity index (χ0n) is 12.0. The van der Waals surface area contributed by atoms with E-state index in [9.17, 15) is 5.11 Å². The Hall–Kier alpha value is 0.230. The van der Waals surface area contributed by atoms with Crippen LogP contribution in [0, 0.1) is 0 Å². The summed E-state index contributed by atoms with van der Waals surface area (Å²) in [5, 5.41) is 13.1. The van der Waals surface area contributed by atoms with E-state index in [1.54, 1.807) is 0 Å². The predicted octanol–water partition coefficient (Wildman–Crippen LogP) is 2.28. The fourth-order valence-electron chi connectivity index (χ4n) is 1.69. The van der Waals surface area contributed by atoms with Crippen molar-refractivity contribution in [2.24, 2.45) is 0 Å². The summed E-state index contributed by atoms with van der Waals surface area (Å²) in [6, 6.07) is 0. The maximum atomic E-state index is 9.72. The lowest BCUT2D eigenvalue weighted by atomic mass is 10.0. The summed E-state index contributed by atoms with van der Waals surface area (Å²) in [4.78, 5) is 0. The molecule has 2 N–H and O–H groups in total. The van der Waals surface area contributed by atoms with Gasteiger partial charge in [0.1, 0.15) is 0 Å². The number of aliphatic hydroxyl groups is 1. The van der Waals surface area contributed by atoms with Crippen LogP contribution in [0.3, 0.4) is 0 Å². The van der Waals surface area contributed by atoms with Gasteiger partial charge in [0.2, 0.25) is 0 Å². The third-order valence-electron chi connectivity index (χ3n) is 3.17. The monoisotopic (exact) mass is 263 g/mol. The number of hydrogen-bond donors (Lipinski definition) is 2.